The van der Waals surface area contributed by atoms with Gasteiger partial charge in [0.05, 0.1) is 17.1 Å². The molecule has 0 spiro atoms. The molecule has 0 aliphatic carbocycles. The second-order valence-electron chi connectivity index (χ2n) is 6.86. The molecule has 0 radical (unpaired) electrons. The molecule has 0 aromatic heterocycles. The van der Waals surface area contributed by atoms with Crippen molar-refractivity contribution in [2.24, 2.45) is 0 Å². The zero-order valence-corrected chi connectivity index (χ0v) is 17.2. The molecule has 1 rings (SSSR count). The first-order chi connectivity index (χ1) is 12.5. The van der Waals surface area contributed by atoms with E-state index in [1.54, 1.807) is 6.92 Å². The van der Waals surface area contributed by atoms with Crippen LogP contribution in [0.4, 0.5) is 0 Å². The summed E-state index contributed by atoms with van der Waals surface area (Å²) < 4.78 is 36.8. The first-order valence-corrected chi connectivity index (χ1v) is 10.1. The molecular formula is C18H28N2O6S. The van der Waals surface area contributed by atoms with Crippen molar-refractivity contribution in [2.45, 2.75) is 50.6 Å². The van der Waals surface area contributed by atoms with Gasteiger partial charge in [-0.25, -0.2) is 17.9 Å². The Bertz CT molecular complexity index is 744. The van der Waals surface area contributed by atoms with E-state index in [1.165, 1.54) is 31.4 Å². The lowest BCUT2D eigenvalue weighted by atomic mass is 10.0. The number of rotatable bonds is 10. The van der Waals surface area contributed by atoms with Gasteiger partial charge in [-0.15, -0.1) is 0 Å². The molecule has 8 nitrogen and oxygen atoms in total. The summed E-state index contributed by atoms with van der Waals surface area (Å²) in [6.45, 7) is 7.18. The Kier molecular flexibility index (Phi) is 8.39. The predicted molar refractivity (Wildman–Crippen MR) is 101 cm³/mol. The summed E-state index contributed by atoms with van der Waals surface area (Å²) >= 11 is 0. The Labute approximate surface area is 160 Å². The van der Waals surface area contributed by atoms with Crippen LogP contribution in [-0.2, 0) is 24.3 Å². The van der Waals surface area contributed by atoms with Crippen LogP contribution in [0.5, 0.6) is 0 Å². The maximum atomic E-state index is 12.2. The fourth-order valence-electron chi connectivity index (χ4n) is 2.10. The maximum absolute atomic E-state index is 12.2. The molecule has 1 aromatic carbocycles. The number of esters is 1. The van der Waals surface area contributed by atoms with Gasteiger partial charge in [0.15, 0.2) is 6.61 Å². The summed E-state index contributed by atoms with van der Waals surface area (Å²) in [5.74, 6) is -1.10. The molecule has 1 atom stereocenters. The van der Waals surface area contributed by atoms with Crippen LogP contribution in [0.3, 0.4) is 0 Å². The van der Waals surface area contributed by atoms with E-state index in [2.05, 4.69) is 10.0 Å². The molecule has 1 amide bonds. The minimum absolute atomic E-state index is 0.0180. The number of carbonyl (C=O) groups excluding carboxylic acids is 2. The van der Waals surface area contributed by atoms with Gasteiger partial charge in [-0.3, -0.25) is 4.79 Å². The maximum Gasteiger partial charge on any atom is 0.338 e. The van der Waals surface area contributed by atoms with Crippen LogP contribution < -0.4 is 10.0 Å². The summed E-state index contributed by atoms with van der Waals surface area (Å²) in [5.41, 5.74) is -0.228. The Hall–Kier alpha value is -1.97. The van der Waals surface area contributed by atoms with Crippen molar-refractivity contribution in [3.63, 3.8) is 0 Å². The van der Waals surface area contributed by atoms with Crippen molar-refractivity contribution >= 4 is 21.9 Å². The van der Waals surface area contributed by atoms with E-state index in [4.69, 9.17) is 9.47 Å². The number of ether oxygens (including phenoxy) is 2. The van der Waals surface area contributed by atoms with E-state index < -0.39 is 34.5 Å². The number of hydrogen-bond acceptors (Lipinski definition) is 6. The molecule has 0 saturated heterocycles. The van der Waals surface area contributed by atoms with Crippen molar-refractivity contribution in [1.82, 2.24) is 10.0 Å². The van der Waals surface area contributed by atoms with Gasteiger partial charge in [-0.05, 0) is 51.5 Å². The first-order valence-electron chi connectivity index (χ1n) is 8.60. The van der Waals surface area contributed by atoms with Crippen molar-refractivity contribution in [2.75, 3.05) is 20.3 Å². The van der Waals surface area contributed by atoms with Gasteiger partial charge in [0.25, 0.3) is 5.91 Å². The van der Waals surface area contributed by atoms with Gasteiger partial charge >= 0.3 is 5.97 Å². The lowest BCUT2D eigenvalue weighted by Crippen LogP contribution is -2.44. The topological polar surface area (TPSA) is 111 Å². The first kappa shape index (κ1) is 23.1. The third kappa shape index (κ3) is 7.66. The zero-order valence-electron chi connectivity index (χ0n) is 16.4. The number of hydrogen-bond donors (Lipinski definition) is 2. The van der Waals surface area contributed by atoms with E-state index in [0.29, 0.717) is 0 Å². The van der Waals surface area contributed by atoms with Gasteiger partial charge < -0.3 is 14.8 Å². The van der Waals surface area contributed by atoms with Crippen molar-refractivity contribution < 1.29 is 27.5 Å². The number of methoxy groups -OCH3 is 1. The molecule has 27 heavy (non-hydrogen) atoms. The van der Waals surface area contributed by atoms with Gasteiger partial charge in [0.1, 0.15) is 0 Å². The van der Waals surface area contributed by atoms with Crippen LogP contribution in [0.15, 0.2) is 29.2 Å². The Morgan fingerprint density at radius 1 is 1.19 bits per heavy atom. The number of amides is 1. The van der Waals surface area contributed by atoms with E-state index in [9.17, 15) is 18.0 Å². The normalized spacial score (nSPS) is 13.1. The molecule has 1 aromatic rings. The minimum Gasteiger partial charge on any atom is -0.452 e. The molecule has 0 heterocycles. The molecule has 0 aliphatic heterocycles. The molecule has 9 heteroatoms. The number of benzene rings is 1. The smallest absolute Gasteiger partial charge is 0.338 e. The second kappa shape index (κ2) is 9.82. The van der Waals surface area contributed by atoms with Crippen LogP contribution in [0.25, 0.3) is 0 Å². The molecule has 2 N–H and O–H groups in total. The standard InChI is InChI=1S/C18H28N2O6S/c1-6-18(3,4)19-16(21)12-26-17(22)14-7-9-15(10-8-14)27(23,24)20-13(2)11-25-5/h7-10,13,20H,6,11-12H2,1-5H3,(H,19,21)/t13-/m1/s1. The van der Waals surface area contributed by atoms with E-state index in [1.807, 2.05) is 20.8 Å². The molecule has 0 saturated carbocycles. The quantitative estimate of drug-likeness (QED) is 0.575. The summed E-state index contributed by atoms with van der Waals surface area (Å²) in [6.07, 6.45) is 0.736. The Balaban J connectivity index is 2.68. The second-order valence-corrected chi connectivity index (χ2v) is 8.58. The summed E-state index contributed by atoms with van der Waals surface area (Å²) in [4.78, 5) is 23.9. The molecular weight excluding hydrogens is 372 g/mol. The van der Waals surface area contributed by atoms with Crippen molar-refractivity contribution in [3.8, 4) is 0 Å². The van der Waals surface area contributed by atoms with Crippen molar-refractivity contribution in [3.05, 3.63) is 29.8 Å². The third-order valence-corrected chi connectivity index (χ3v) is 5.47. The fourth-order valence-corrected chi connectivity index (χ4v) is 3.33. The monoisotopic (exact) mass is 400 g/mol. The molecule has 0 bridgehead atoms. The fraction of sp³-hybridized carbons (Fsp3) is 0.556. The highest BCUT2D eigenvalue weighted by atomic mass is 32.2. The Morgan fingerprint density at radius 2 is 1.78 bits per heavy atom. The van der Waals surface area contributed by atoms with E-state index >= 15 is 0 Å². The lowest BCUT2D eigenvalue weighted by molar-refractivity contribution is -0.125. The van der Waals surface area contributed by atoms with E-state index in [0.717, 1.165) is 6.42 Å². The molecule has 152 valence electrons. The summed E-state index contributed by atoms with van der Waals surface area (Å²) in [6, 6.07) is 4.89. The van der Waals surface area contributed by atoms with E-state index in [-0.39, 0.29) is 22.6 Å². The molecule has 0 fully saturated rings. The largest absolute Gasteiger partial charge is 0.452 e. The van der Waals surface area contributed by atoms with Gasteiger partial charge in [-0.2, -0.15) is 0 Å². The predicted octanol–water partition coefficient (Wildman–Crippen LogP) is 1.46. The lowest BCUT2D eigenvalue weighted by Gasteiger charge is -2.24. The molecule has 0 aliphatic rings. The number of carbonyl (C=O) groups is 2. The van der Waals surface area contributed by atoms with Gasteiger partial charge in [0.2, 0.25) is 10.0 Å². The minimum atomic E-state index is -3.72. The summed E-state index contributed by atoms with van der Waals surface area (Å²) in [7, 11) is -2.24. The van der Waals surface area contributed by atoms with Crippen LogP contribution in [0.1, 0.15) is 44.5 Å². The highest BCUT2D eigenvalue weighted by molar-refractivity contribution is 7.89. The highest BCUT2D eigenvalue weighted by Gasteiger charge is 2.20. The molecule has 0 unspecified atom stereocenters. The van der Waals surface area contributed by atoms with Crippen LogP contribution >= 0.6 is 0 Å². The van der Waals surface area contributed by atoms with Crippen LogP contribution in [0, 0.1) is 0 Å². The summed E-state index contributed by atoms with van der Waals surface area (Å²) in [5, 5.41) is 2.76. The number of nitrogens with one attached hydrogen (secondary N) is 2. The van der Waals surface area contributed by atoms with Gasteiger partial charge in [-0.1, -0.05) is 6.92 Å². The SMILES string of the molecule is CCC(C)(C)NC(=O)COC(=O)c1ccc(S(=O)(=O)N[C@H](C)COC)cc1. The van der Waals surface area contributed by atoms with Crippen molar-refractivity contribution in [1.29, 1.82) is 0 Å². The number of sulfonamides is 1. The highest BCUT2D eigenvalue weighted by Crippen LogP contribution is 2.12. The average Bonchev–Trinajstić information content (AvgIpc) is 2.59. The third-order valence-electron chi connectivity index (χ3n) is 3.87. The van der Waals surface area contributed by atoms with Crippen LogP contribution in [0.2, 0.25) is 0 Å². The average molecular weight is 400 g/mol. The Morgan fingerprint density at radius 3 is 2.30 bits per heavy atom. The van der Waals surface area contributed by atoms with Gasteiger partial charge in [0, 0.05) is 18.7 Å². The van der Waals surface area contributed by atoms with Crippen LogP contribution in [-0.4, -0.2) is 52.2 Å². The zero-order chi connectivity index (χ0) is 20.7.